The Kier molecular flexibility index (Phi) is 3.51. The predicted octanol–water partition coefficient (Wildman–Crippen LogP) is 3.67. The topological polar surface area (TPSA) is 72.7 Å². The first-order valence-electron chi connectivity index (χ1n) is 6.09. The molecule has 2 rings (SSSR count). The first-order chi connectivity index (χ1) is 8.97. The van der Waals surface area contributed by atoms with Crippen molar-refractivity contribution < 1.29 is 15.3 Å². The van der Waals surface area contributed by atoms with E-state index in [2.05, 4.69) is 19.2 Å². The van der Waals surface area contributed by atoms with Crippen molar-refractivity contribution in [3.05, 3.63) is 42.0 Å². The lowest BCUT2D eigenvalue weighted by atomic mass is 10.0. The van der Waals surface area contributed by atoms with E-state index in [1.165, 1.54) is 17.7 Å². The molecule has 0 aliphatic heterocycles. The lowest BCUT2D eigenvalue weighted by Gasteiger charge is -2.10. The van der Waals surface area contributed by atoms with Gasteiger partial charge < -0.3 is 20.6 Å². The van der Waals surface area contributed by atoms with Crippen LogP contribution in [-0.4, -0.2) is 15.3 Å². The molecule has 100 valence electrons. The number of phenolic OH excluding ortho intramolecular Hbond substituents is 3. The number of phenols is 3. The van der Waals surface area contributed by atoms with Crippen molar-refractivity contribution in [2.24, 2.45) is 0 Å². The molecular formula is C15H17NO3. The zero-order chi connectivity index (χ0) is 14.0. The van der Waals surface area contributed by atoms with Crippen LogP contribution in [0.1, 0.15) is 25.3 Å². The summed E-state index contributed by atoms with van der Waals surface area (Å²) < 4.78 is 0. The van der Waals surface area contributed by atoms with Crippen LogP contribution in [0.2, 0.25) is 0 Å². The van der Waals surface area contributed by atoms with Crippen LogP contribution < -0.4 is 5.32 Å². The largest absolute Gasteiger partial charge is 0.504 e. The summed E-state index contributed by atoms with van der Waals surface area (Å²) in [7, 11) is 0. The van der Waals surface area contributed by atoms with Crippen LogP contribution in [0.3, 0.4) is 0 Å². The van der Waals surface area contributed by atoms with E-state index in [9.17, 15) is 15.3 Å². The molecular weight excluding hydrogens is 242 g/mol. The Morgan fingerprint density at radius 2 is 1.37 bits per heavy atom. The third kappa shape index (κ3) is 2.91. The number of rotatable bonds is 3. The molecule has 0 aromatic heterocycles. The van der Waals surface area contributed by atoms with Gasteiger partial charge in [0.05, 0.1) is 0 Å². The fraction of sp³-hybridized carbons (Fsp3) is 0.200. The van der Waals surface area contributed by atoms with Crippen LogP contribution >= 0.6 is 0 Å². The molecule has 0 spiro atoms. The van der Waals surface area contributed by atoms with E-state index in [1.54, 1.807) is 0 Å². The number of aromatic hydroxyl groups is 3. The van der Waals surface area contributed by atoms with Crippen molar-refractivity contribution in [1.29, 1.82) is 0 Å². The van der Waals surface area contributed by atoms with E-state index in [0.29, 0.717) is 11.6 Å². The van der Waals surface area contributed by atoms with Gasteiger partial charge in [-0.3, -0.25) is 0 Å². The first kappa shape index (κ1) is 13.1. The maximum atomic E-state index is 9.43. The summed E-state index contributed by atoms with van der Waals surface area (Å²) >= 11 is 0. The maximum Gasteiger partial charge on any atom is 0.200 e. The average molecular weight is 259 g/mol. The Morgan fingerprint density at radius 1 is 0.842 bits per heavy atom. The molecule has 0 aliphatic carbocycles. The summed E-state index contributed by atoms with van der Waals surface area (Å²) in [6.45, 7) is 4.25. The van der Waals surface area contributed by atoms with Crippen molar-refractivity contribution in [3.8, 4) is 17.2 Å². The number of nitrogens with one attached hydrogen (secondary N) is 1. The number of benzene rings is 2. The van der Waals surface area contributed by atoms with E-state index in [4.69, 9.17) is 0 Å². The smallest absolute Gasteiger partial charge is 0.200 e. The molecule has 0 saturated heterocycles. The molecule has 0 atom stereocenters. The zero-order valence-corrected chi connectivity index (χ0v) is 10.9. The minimum atomic E-state index is -0.513. The summed E-state index contributed by atoms with van der Waals surface area (Å²) in [4.78, 5) is 0. The second-order valence-corrected chi connectivity index (χ2v) is 4.76. The van der Waals surface area contributed by atoms with Crippen molar-refractivity contribution in [2.45, 2.75) is 19.8 Å². The molecule has 0 saturated carbocycles. The highest BCUT2D eigenvalue weighted by molar-refractivity contribution is 5.67. The molecule has 4 nitrogen and oxygen atoms in total. The monoisotopic (exact) mass is 259 g/mol. The number of hydrogen-bond acceptors (Lipinski definition) is 4. The van der Waals surface area contributed by atoms with E-state index < -0.39 is 5.75 Å². The number of hydrogen-bond donors (Lipinski definition) is 4. The van der Waals surface area contributed by atoms with Gasteiger partial charge in [0, 0.05) is 23.5 Å². The second kappa shape index (κ2) is 5.10. The zero-order valence-electron chi connectivity index (χ0n) is 10.9. The molecule has 0 heterocycles. The van der Waals surface area contributed by atoms with Crippen LogP contribution in [-0.2, 0) is 0 Å². The third-order valence-corrected chi connectivity index (χ3v) is 2.94. The number of anilines is 2. The van der Waals surface area contributed by atoms with Gasteiger partial charge in [0.25, 0.3) is 0 Å². The molecule has 19 heavy (non-hydrogen) atoms. The Hall–Kier alpha value is -2.36. The van der Waals surface area contributed by atoms with Crippen molar-refractivity contribution in [3.63, 3.8) is 0 Å². The molecule has 0 aliphatic rings. The molecule has 2 aromatic rings. The molecule has 0 bridgehead atoms. The van der Waals surface area contributed by atoms with Gasteiger partial charge in [-0.15, -0.1) is 0 Å². The predicted molar refractivity (Wildman–Crippen MR) is 75.3 cm³/mol. The van der Waals surface area contributed by atoms with Gasteiger partial charge in [-0.05, 0) is 23.6 Å². The summed E-state index contributed by atoms with van der Waals surface area (Å²) in [5, 5.41) is 31.2. The summed E-state index contributed by atoms with van der Waals surface area (Å²) in [6.07, 6.45) is 0. The molecule has 4 heteroatoms. The van der Waals surface area contributed by atoms with Crippen LogP contribution in [0.25, 0.3) is 0 Å². The van der Waals surface area contributed by atoms with Crippen LogP contribution in [0.15, 0.2) is 36.4 Å². The fourth-order valence-corrected chi connectivity index (χ4v) is 1.79. The highest BCUT2D eigenvalue weighted by Crippen LogP contribution is 2.38. The van der Waals surface area contributed by atoms with Gasteiger partial charge in [0.15, 0.2) is 17.2 Å². The molecule has 0 unspecified atom stereocenters. The lowest BCUT2D eigenvalue weighted by Crippen LogP contribution is -1.92. The highest BCUT2D eigenvalue weighted by atomic mass is 16.3. The van der Waals surface area contributed by atoms with Crippen LogP contribution in [0.4, 0.5) is 11.4 Å². The van der Waals surface area contributed by atoms with Gasteiger partial charge in [-0.2, -0.15) is 0 Å². The van der Waals surface area contributed by atoms with Crippen LogP contribution in [0, 0.1) is 0 Å². The molecule has 0 amide bonds. The summed E-state index contributed by atoms with van der Waals surface area (Å²) in [6, 6.07) is 10.6. The Morgan fingerprint density at radius 3 is 1.84 bits per heavy atom. The Labute approximate surface area is 112 Å². The molecule has 2 aromatic carbocycles. The van der Waals surface area contributed by atoms with Crippen molar-refractivity contribution in [1.82, 2.24) is 0 Å². The van der Waals surface area contributed by atoms with E-state index in [-0.39, 0.29) is 11.5 Å². The quantitative estimate of drug-likeness (QED) is 0.501. The van der Waals surface area contributed by atoms with Gasteiger partial charge >= 0.3 is 0 Å². The SMILES string of the molecule is CC(C)c1ccc(Nc2cc(O)c(O)c(O)c2)cc1. The lowest BCUT2D eigenvalue weighted by molar-refractivity contribution is 0.368. The Bertz CT molecular complexity index is 553. The molecule has 0 radical (unpaired) electrons. The average Bonchev–Trinajstić information content (AvgIpc) is 2.36. The second-order valence-electron chi connectivity index (χ2n) is 4.76. The normalized spacial score (nSPS) is 10.7. The molecule has 0 fully saturated rings. The van der Waals surface area contributed by atoms with Crippen LogP contribution in [0.5, 0.6) is 17.2 Å². The van der Waals surface area contributed by atoms with E-state index in [1.807, 2.05) is 24.3 Å². The molecule has 4 N–H and O–H groups in total. The van der Waals surface area contributed by atoms with Gasteiger partial charge in [0.2, 0.25) is 0 Å². The summed E-state index contributed by atoms with van der Waals surface area (Å²) in [5.41, 5.74) is 2.58. The van der Waals surface area contributed by atoms with Gasteiger partial charge in [0.1, 0.15) is 0 Å². The minimum Gasteiger partial charge on any atom is -0.504 e. The first-order valence-corrected chi connectivity index (χ1v) is 6.09. The third-order valence-electron chi connectivity index (χ3n) is 2.94. The van der Waals surface area contributed by atoms with Gasteiger partial charge in [-0.1, -0.05) is 26.0 Å². The highest BCUT2D eigenvalue weighted by Gasteiger charge is 2.08. The minimum absolute atomic E-state index is 0.360. The fourth-order valence-electron chi connectivity index (χ4n) is 1.79. The van der Waals surface area contributed by atoms with Crippen molar-refractivity contribution >= 4 is 11.4 Å². The van der Waals surface area contributed by atoms with E-state index >= 15 is 0 Å². The summed E-state index contributed by atoms with van der Waals surface area (Å²) in [5.74, 6) is -0.765. The maximum absolute atomic E-state index is 9.43. The Balaban J connectivity index is 2.21. The standard InChI is InChI=1S/C15H17NO3/c1-9(2)10-3-5-11(6-4-10)16-12-7-13(17)15(19)14(18)8-12/h3-9,16-19H,1-2H3. The van der Waals surface area contributed by atoms with Gasteiger partial charge in [-0.25, -0.2) is 0 Å². The van der Waals surface area contributed by atoms with E-state index in [0.717, 1.165) is 5.69 Å². The van der Waals surface area contributed by atoms with Crippen molar-refractivity contribution in [2.75, 3.05) is 5.32 Å².